The third kappa shape index (κ3) is 5.91. The van der Waals surface area contributed by atoms with Gasteiger partial charge >= 0.3 is 0 Å². The van der Waals surface area contributed by atoms with Gasteiger partial charge in [0.05, 0.1) is 10.6 Å². The molecule has 0 spiro atoms. The molecule has 3 rings (SSSR count). The molecule has 0 aliphatic rings. The van der Waals surface area contributed by atoms with Crippen LogP contribution in [0, 0.1) is 5.82 Å². The second-order valence-corrected chi connectivity index (χ2v) is 7.70. The minimum Gasteiger partial charge on any atom is -0.486 e. The van der Waals surface area contributed by atoms with Crippen LogP contribution in [-0.2, 0) is 17.9 Å². The van der Waals surface area contributed by atoms with Gasteiger partial charge in [-0.25, -0.2) is 4.39 Å². The Kier molecular flexibility index (Phi) is 7.57. The molecule has 0 aliphatic heterocycles. The molecule has 2 N–H and O–H groups in total. The quantitative estimate of drug-likeness (QED) is 0.297. The fourth-order valence-electron chi connectivity index (χ4n) is 2.29. The lowest BCUT2D eigenvalue weighted by Crippen LogP contribution is -2.42. The molecule has 0 atom stereocenters. The van der Waals surface area contributed by atoms with Crippen molar-refractivity contribution < 1.29 is 18.7 Å². The van der Waals surface area contributed by atoms with Crippen molar-refractivity contribution in [2.24, 2.45) is 0 Å². The monoisotopic (exact) mass is 447 g/mol. The van der Waals surface area contributed by atoms with Crippen LogP contribution in [-0.4, -0.2) is 32.3 Å². The van der Waals surface area contributed by atoms with E-state index in [4.69, 9.17) is 4.74 Å². The molecule has 30 heavy (non-hydrogen) atoms. The molecular formula is C19H18FN5O3S2. The van der Waals surface area contributed by atoms with Gasteiger partial charge in [-0.2, -0.15) is 0 Å². The number of amides is 2. The van der Waals surface area contributed by atoms with E-state index in [0.717, 1.165) is 11.8 Å². The van der Waals surface area contributed by atoms with Crippen LogP contribution in [0.25, 0.3) is 0 Å². The van der Waals surface area contributed by atoms with Gasteiger partial charge in [0, 0.05) is 6.54 Å². The third-order valence-electron chi connectivity index (χ3n) is 3.68. The number of rotatable bonds is 9. The SMILES string of the molecule is C=CCn1c(COc2ccc(F)cc2)nnc1SCC(=O)NNC(=O)c1cccs1. The highest BCUT2D eigenvalue weighted by molar-refractivity contribution is 7.99. The minimum absolute atomic E-state index is 0.0266. The van der Waals surface area contributed by atoms with E-state index in [9.17, 15) is 14.0 Å². The van der Waals surface area contributed by atoms with Crippen molar-refractivity contribution in [3.63, 3.8) is 0 Å². The predicted octanol–water partition coefficient (Wildman–Crippen LogP) is 2.80. The fourth-order valence-corrected chi connectivity index (χ4v) is 3.67. The lowest BCUT2D eigenvalue weighted by Gasteiger charge is -2.09. The van der Waals surface area contributed by atoms with Crippen LogP contribution in [0.1, 0.15) is 15.5 Å². The number of aromatic nitrogens is 3. The van der Waals surface area contributed by atoms with Gasteiger partial charge in [0.25, 0.3) is 5.91 Å². The topological polar surface area (TPSA) is 98.1 Å². The Morgan fingerprint density at radius 2 is 2.03 bits per heavy atom. The number of thioether (sulfide) groups is 1. The predicted molar refractivity (Wildman–Crippen MR) is 112 cm³/mol. The van der Waals surface area contributed by atoms with Gasteiger partial charge in [-0.15, -0.1) is 28.1 Å². The molecule has 8 nitrogen and oxygen atoms in total. The van der Waals surface area contributed by atoms with Gasteiger partial charge < -0.3 is 4.74 Å². The molecule has 11 heteroatoms. The number of hydrogen-bond donors (Lipinski definition) is 2. The third-order valence-corrected chi connectivity index (χ3v) is 5.51. The number of ether oxygens (including phenoxy) is 1. The average molecular weight is 448 g/mol. The van der Waals surface area contributed by atoms with Crippen LogP contribution in [0.15, 0.2) is 59.6 Å². The maximum absolute atomic E-state index is 13.0. The Hall–Kier alpha value is -3.18. The zero-order valence-corrected chi connectivity index (χ0v) is 17.3. The molecule has 3 aromatic rings. The molecule has 0 saturated carbocycles. The summed E-state index contributed by atoms with van der Waals surface area (Å²) in [5, 5.41) is 10.5. The number of nitrogens with zero attached hydrogens (tertiary/aromatic N) is 3. The van der Waals surface area contributed by atoms with Gasteiger partial charge in [0.1, 0.15) is 18.2 Å². The number of thiophene rings is 1. The molecule has 0 radical (unpaired) electrons. The maximum atomic E-state index is 13.0. The van der Waals surface area contributed by atoms with Gasteiger partial charge in [-0.3, -0.25) is 25.0 Å². The lowest BCUT2D eigenvalue weighted by molar-refractivity contribution is -0.119. The van der Waals surface area contributed by atoms with E-state index in [0.29, 0.717) is 28.2 Å². The highest BCUT2D eigenvalue weighted by atomic mass is 32.2. The molecular weight excluding hydrogens is 429 g/mol. The molecule has 156 valence electrons. The summed E-state index contributed by atoms with van der Waals surface area (Å²) in [5.41, 5.74) is 4.73. The normalized spacial score (nSPS) is 10.4. The summed E-state index contributed by atoms with van der Waals surface area (Å²) in [6.07, 6.45) is 1.68. The van der Waals surface area contributed by atoms with E-state index in [2.05, 4.69) is 27.6 Å². The number of allylic oxidation sites excluding steroid dienone is 1. The Bertz CT molecular complexity index is 1010. The van der Waals surface area contributed by atoms with E-state index in [-0.39, 0.29) is 30.0 Å². The van der Waals surface area contributed by atoms with Gasteiger partial charge in [0.2, 0.25) is 5.91 Å². The molecule has 2 aromatic heterocycles. The standard InChI is InChI=1S/C19H18FN5O3S2/c1-2-9-25-16(11-28-14-7-5-13(20)6-8-14)21-24-19(25)30-12-17(26)22-23-18(27)15-4-3-10-29-15/h2-8,10H,1,9,11-12H2,(H,22,26)(H,23,27). The number of hydrazine groups is 1. The first kappa shape index (κ1) is 21.5. The number of benzene rings is 1. The van der Waals surface area contributed by atoms with Crippen LogP contribution >= 0.6 is 23.1 Å². The Morgan fingerprint density at radius 1 is 1.23 bits per heavy atom. The first-order chi connectivity index (χ1) is 14.6. The van der Waals surface area contributed by atoms with Crippen molar-refractivity contribution in [1.29, 1.82) is 0 Å². The summed E-state index contributed by atoms with van der Waals surface area (Å²) in [6, 6.07) is 9.07. The van der Waals surface area contributed by atoms with Crippen molar-refractivity contribution in [2.45, 2.75) is 18.3 Å². The van der Waals surface area contributed by atoms with E-state index in [1.54, 1.807) is 28.2 Å². The smallest absolute Gasteiger partial charge is 0.279 e. The summed E-state index contributed by atoms with van der Waals surface area (Å²) in [7, 11) is 0. The van der Waals surface area contributed by atoms with E-state index < -0.39 is 0 Å². The second kappa shape index (κ2) is 10.6. The summed E-state index contributed by atoms with van der Waals surface area (Å²) in [5.74, 6) is -0.0484. The van der Waals surface area contributed by atoms with E-state index >= 15 is 0 Å². The highest BCUT2D eigenvalue weighted by Gasteiger charge is 2.15. The minimum atomic E-state index is -0.387. The number of halogens is 1. The summed E-state index contributed by atoms with van der Waals surface area (Å²) in [4.78, 5) is 24.4. The van der Waals surface area contributed by atoms with Crippen LogP contribution in [0.2, 0.25) is 0 Å². The zero-order chi connectivity index (χ0) is 21.3. The van der Waals surface area contributed by atoms with Crippen molar-refractivity contribution in [1.82, 2.24) is 25.6 Å². The largest absolute Gasteiger partial charge is 0.486 e. The van der Waals surface area contributed by atoms with Crippen LogP contribution in [0.4, 0.5) is 4.39 Å². The van der Waals surface area contributed by atoms with Crippen molar-refractivity contribution >= 4 is 34.9 Å². The first-order valence-electron chi connectivity index (χ1n) is 8.73. The maximum Gasteiger partial charge on any atom is 0.279 e. The second-order valence-electron chi connectivity index (χ2n) is 5.81. The lowest BCUT2D eigenvalue weighted by atomic mass is 10.3. The molecule has 0 aliphatic carbocycles. The van der Waals surface area contributed by atoms with E-state index in [1.165, 1.54) is 35.6 Å². The van der Waals surface area contributed by atoms with Gasteiger partial charge in [-0.05, 0) is 35.7 Å². The molecule has 0 bridgehead atoms. The van der Waals surface area contributed by atoms with Crippen LogP contribution in [0.3, 0.4) is 0 Å². The van der Waals surface area contributed by atoms with Crippen LogP contribution in [0.5, 0.6) is 5.75 Å². The van der Waals surface area contributed by atoms with Crippen molar-refractivity contribution in [3.8, 4) is 5.75 Å². The highest BCUT2D eigenvalue weighted by Crippen LogP contribution is 2.19. The van der Waals surface area contributed by atoms with Crippen molar-refractivity contribution in [3.05, 3.63) is 71.0 Å². The number of hydrogen-bond acceptors (Lipinski definition) is 7. The molecule has 1 aromatic carbocycles. The zero-order valence-electron chi connectivity index (χ0n) is 15.7. The molecule has 2 heterocycles. The van der Waals surface area contributed by atoms with Crippen molar-refractivity contribution in [2.75, 3.05) is 5.75 Å². The Labute approximate surface area is 180 Å². The average Bonchev–Trinajstić information content (AvgIpc) is 3.41. The van der Waals surface area contributed by atoms with E-state index in [1.807, 2.05) is 0 Å². The van der Waals surface area contributed by atoms with Gasteiger partial charge in [0.15, 0.2) is 11.0 Å². The van der Waals surface area contributed by atoms with Gasteiger partial charge in [-0.1, -0.05) is 23.9 Å². The summed E-state index contributed by atoms with van der Waals surface area (Å²) in [6.45, 7) is 4.27. The summed E-state index contributed by atoms with van der Waals surface area (Å²) < 4.78 is 20.4. The van der Waals surface area contributed by atoms with Crippen LogP contribution < -0.4 is 15.6 Å². The molecule has 2 amide bonds. The number of nitrogens with one attached hydrogen (secondary N) is 2. The Balaban J connectivity index is 1.53. The molecule has 0 saturated heterocycles. The molecule has 0 fully saturated rings. The molecule has 0 unspecified atom stereocenters. The Morgan fingerprint density at radius 3 is 2.73 bits per heavy atom. The first-order valence-corrected chi connectivity index (χ1v) is 10.6. The number of carbonyl (C=O) groups is 2. The number of carbonyl (C=O) groups excluding carboxylic acids is 2. The fraction of sp³-hybridized carbons (Fsp3) is 0.158. The summed E-state index contributed by atoms with van der Waals surface area (Å²) >= 11 is 2.44.